The van der Waals surface area contributed by atoms with Gasteiger partial charge in [-0.1, -0.05) is 31.9 Å². The Kier molecular flexibility index (Phi) is 6.84. The van der Waals surface area contributed by atoms with Crippen molar-refractivity contribution >= 4 is 75.7 Å². The number of halogens is 2. The predicted octanol–water partition coefficient (Wildman–Crippen LogP) is 2.15. The van der Waals surface area contributed by atoms with Gasteiger partial charge in [0.25, 0.3) is 23.6 Å². The average molecular weight is 692 g/mol. The normalized spacial score (nSPS) is 25.6. The second-order valence-electron chi connectivity index (χ2n) is 8.80. The van der Waals surface area contributed by atoms with E-state index in [4.69, 9.17) is 8.57 Å². The summed E-state index contributed by atoms with van der Waals surface area (Å²) in [6, 6.07) is 10.6. The number of carbonyl (C=O) groups is 4. The molecule has 12 nitrogen and oxygen atoms in total. The van der Waals surface area contributed by atoms with Crippen molar-refractivity contribution in [1.82, 2.24) is 10.1 Å². The first kappa shape index (κ1) is 27.1. The molecule has 2 aromatic carbocycles. The van der Waals surface area contributed by atoms with Gasteiger partial charge < -0.3 is 0 Å². The van der Waals surface area contributed by atoms with Crippen molar-refractivity contribution in [2.24, 2.45) is 23.7 Å². The first-order chi connectivity index (χ1) is 17.8. The van der Waals surface area contributed by atoms with Crippen LogP contribution >= 0.6 is 31.9 Å². The number of benzene rings is 2. The molecule has 0 spiro atoms. The molecule has 5 rings (SSSR count). The Hall–Kier alpha value is -2.50. The van der Waals surface area contributed by atoms with Crippen LogP contribution in [0.4, 0.5) is 0 Å². The molecular weight excluding hydrogens is 676 g/mol. The molecule has 0 aromatic heterocycles. The molecule has 16 heteroatoms. The van der Waals surface area contributed by atoms with Gasteiger partial charge in [-0.2, -0.15) is 16.8 Å². The van der Waals surface area contributed by atoms with Gasteiger partial charge in [-0.25, -0.2) is 0 Å². The first-order valence-corrected chi connectivity index (χ1v) is 15.4. The van der Waals surface area contributed by atoms with Crippen molar-refractivity contribution in [2.45, 2.75) is 22.6 Å². The lowest BCUT2D eigenvalue weighted by Crippen LogP contribution is -2.35. The number of nitrogens with zero attached hydrogens (tertiary/aromatic N) is 2. The Morgan fingerprint density at radius 3 is 1.08 bits per heavy atom. The lowest BCUT2D eigenvalue weighted by Gasteiger charge is -2.27. The summed E-state index contributed by atoms with van der Waals surface area (Å²) in [6.07, 6.45) is -0.582. The summed E-state index contributed by atoms with van der Waals surface area (Å²) in [6.45, 7) is 0. The zero-order valence-corrected chi connectivity index (χ0v) is 23.7. The summed E-state index contributed by atoms with van der Waals surface area (Å²) in [7, 11) is -9.07. The van der Waals surface area contributed by atoms with Crippen molar-refractivity contribution in [3.05, 3.63) is 57.5 Å². The number of imide groups is 2. The number of hydroxylamine groups is 4. The summed E-state index contributed by atoms with van der Waals surface area (Å²) in [5.41, 5.74) is 0. The Morgan fingerprint density at radius 1 is 0.553 bits per heavy atom. The van der Waals surface area contributed by atoms with E-state index < -0.39 is 67.5 Å². The summed E-state index contributed by atoms with van der Waals surface area (Å²) in [5.74, 6) is -8.43. The molecule has 2 saturated heterocycles. The SMILES string of the molecule is O=C1C2CC3C(=O)N(OS(=O)(=O)c4ccc(Br)cc4)C(=O)C3CC2C(=O)N1OS(=O)(=O)c1ccc(Br)cc1. The Labute approximate surface area is 233 Å². The largest absolute Gasteiger partial charge is 0.318 e. The predicted molar refractivity (Wildman–Crippen MR) is 132 cm³/mol. The minimum absolute atomic E-state index is 0.162. The standard InChI is InChI=1S/C22H16Br2N2O10S2/c23-11-1-5-13(6-2-11)37(31,32)35-25-19(27)15-9-17-18(10-16(15)20(25)28)22(30)26(21(17)29)36-38(33,34)14-7-3-12(24)4-8-14/h1-8,15-18H,9-10H2. The number of fused-ring (bicyclic) bond motifs is 2. The van der Waals surface area contributed by atoms with Gasteiger partial charge in [0.05, 0.1) is 33.5 Å². The highest BCUT2D eigenvalue weighted by molar-refractivity contribution is 9.10. The minimum atomic E-state index is -4.54. The molecule has 3 aliphatic rings. The van der Waals surface area contributed by atoms with E-state index in [1.807, 2.05) is 0 Å². The number of amides is 4. The van der Waals surface area contributed by atoms with Crippen molar-refractivity contribution in [3.8, 4) is 0 Å². The summed E-state index contributed by atoms with van der Waals surface area (Å²) in [4.78, 5) is 51.3. The van der Waals surface area contributed by atoms with E-state index in [-0.39, 0.29) is 32.8 Å². The van der Waals surface area contributed by atoms with E-state index in [0.29, 0.717) is 8.95 Å². The van der Waals surface area contributed by atoms with Crippen LogP contribution in [0.25, 0.3) is 0 Å². The molecule has 2 heterocycles. The Morgan fingerprint density at radius 2 is 0.816 bits per heavy atom. The third-order valence-corrected chi connectivity index (χ3v) is 10.1. The summed E-state index contributed by atoms with van der Waals surface area (Å²) >= 11 is 6.34. The molecule has 1 saturated carbocycles. The van der Waals surface area contributed by atoms with Crippen molar-refractivity contribution in [1.29, 1.82) is 0 Å². The van der Waals surface area contributed by atoms with Crippen molar-refractivity contribution < 1.29 is 44.6 Å². The third kappa shape index (κ3) is 4.62. The van der Waals surface area contributed by atoms with Crippen LogP contribution in [0.3, 0.4) is 0 Å². The van der Waals surface area contributed by atoms with Crippen molar-refractivity contribution in [2.75, 3.05) is 0 Å². The lowest BCUT2D eigenvalue weighted by atomic mass is 9.70. The fourth-order valence-electron chi connectivity index (χ4n) is 4.75. The molecular formula is C22H16Br2N2O10S2. The molecule has 38 heavy (non-hydrogen) atoms. The average Bonchev–Trinajstić information content (AvgIpc) is 3.23. The molecule has 2 aromatic rings. The van der Waals surface area contributed by atoms with Crippen LogP contribution in [0.1, 0.15) is 12.8 Å². The van der Waals surface area contributed by atoms with Crippen LogP contribution in [0.15, 0.2) is 67.3 Å². The smallest absolute Gasteiger partial charge is 0.272 e. The molecule has 3 fully saturated rings. The van der Waals surface area contributed by atoms with Gasteiger partial charge >= 0.3 is 20.2 Å². The van der Waals surface area contributed by atoms with E-state index in [9.17, 15) is 36.0 Å². The van der Waals surface area contributed by atoms with Crippen LogP contribution in [0, 0.1) is 23.7 Å². The second kappa shape index (κ2) is 9.60. The Balaban J connectivity index is 1.34. The van der Waals surface area contributed by atoms with Crippen LogP contribution in [0.5, 0.6) is 0 Å². The molecule has 2 aliphatic heterocycles. The molecule has 4 atom stereocenters. The third-order valence-electron chi connectivity index (χ3n) is 6.61. The molecule has 1 aliphatic carbocycles. The molecule has 4 unspecified atom stereocenters. The number of hydrogen-bond donors (Lipinski definition) is 0. The monoisotopic (exact) mass is 690 g/mol. The highest BCUT2D eigenvalue weighted by Gasteiger charge is 2.61. The minimum Gasteiger partial charge on any atom is -0.272 e. The zero-order valence-electron chi connectivity index (χ0n) is 18.9. The molecule has 0 radical (unpaired) electrons. The number of rotatable bonds is 6. The maximum absolute atomic E-state index is 13.0. The lowest BCUT2D eigenvalue weighted by molar-refractivity contribution is -0.166. The van der Waals surface area contributed by atoms with E-state index >= 15 is 0 Å². The van der Waals surface area contributed by atoms with Gasteiger partial charge in [0.15, 0.2) is 0 Å². The van der Waals surface area contributed by atoms with E-state index in [0.717, 1.165) is 0 Å². The van der Waals surface area contributed by atoms with Crippen LogP contribution < -0.4 is 0 Å². The highest BCUT2D eigenvalue weighted by atomic mass is 79.9. The molecule has 0 N–H and O–H groups in total. The van der Waals surface area contributed by atoms with Gasteiger partial charge in [-0.05, 0) is 61.4 Å². The fraction of sp³-hybridized carbons (Fsp3) is 0.273. The first-order valence-electron chi connectivity index (χ1n) is 11.0. The van der Waals surface area contributed by atoms with Crippen LogP contribution in [0.2, 0.25) is 0 Å². The van der Waals surface area contributed by atoms with Gasteiger partial charge in [-0.15, -0.1) is 18.7 Å². The second-order valence-corrected chi connectivity index (χ2v) is 13.7. The molecule has 4 amide bonds. The number of hydrogen-bond acceptors (Lipinski definition) is 10. The maximum atomic E-state index is 13.0. The van der Waals surface area contributed by atoms with Gasteiger partial charge in [0, 0.05) is 8.95 Å². The topological polar surface area (TPSA) is 161 Å². The zero-order chi connectivity index (χ0) is 27.6. The maximum Gasteiger partial charge on any atom is 0.318 e. The number of carbonyl (C=O) groups excluding carboxylic acids is 4. The fourth-order valence-corrected chi connectivity index (χ4v) is 7.07. The van der Waals surface area contributed by atoms with Gasteiger partial charge in [0.1, 0.15) is 0 Å². The van der Waals surface area contributed by atoms with Crippen molar-refractivity contribution in [3.63, 3.8) is 0 Å². The van der Waals surface area contributed by atoms with Crippen LogP contribution in [-0.4, -0.2) is 50.6 Å². The van der Waals surface area contributed by atoms with Gasteiger partial charge in [-0.3, -0.25) is 19.2 Å². The highest BCUT2D eigenvalue weighted by Crippen LogP contribution is 2.48. The molecule has 200 valence electrons. The van der Waals surface area contributed by atoms with E-state index in [1.165, 1.54) is 48.5 Å². The van der Waals surface area contributed by atoms with E-state index in [2.05, 4.69) is 31.9 Å². The summed E-state index contributed by atoms with van der Waals surface area (Å²) < 4.78 is 61.5. The molecule has 0 bridgehead atoms. The quantitative estimate of drug-likeness (QED) is 0.411. The van der Waals surface area contributed by atoms with Gasteiger partial charge in [0.2, 0.25) is 0 Å². The van der Waals surface area contributed by atoms with Crippen LogP contribution in [-0.2, 0) is 48.0 Å². The van der Waals surface area contributed by atoms with E-state index in [1.54, 1.807) is 0 Å². The Bertz CT molecular complexity index is 1420. The summed E-state index contributed by atoms with van der Waals surface area (Å²) in [5, 5.41) is 0.323.